The van der Waals surface area contributed by atoms with Crippen LogP contribution >= 0.6 is 11.3 Å². The Kier molecular flexibility index (Phi) is 7.12. The van der Waals surface area contributed by atoms with Gasteiger partial charge < -0.3 is 9.47 Å². The molecule has 204 valence electrons. The van der Waals surface area contributed by atoms with Crippen molar-refractivity contribution in [1.29, 1.82) is 0 Å². The summed E-state index contributed by atoms with van der Waals surface area (Å²) in [5.41, 5.74) is -4.36. The Morgan fingerprint density at radius 1 is 1.08 bits per heavy atom. The number of halogens is 4. The number of benzene rings is 2. The number of alkyl carbamates (subject to hydrolysis) is 1. The van der Waals surface area contributed by atoms with Crippen LogP contribution in [0.1, 0.15) is 32.9 Å². The average molecular weight is 567 g/mol. The molecule has 1 aliphatic rings. The predicted molar refractivity (Wildman–Crippen MR) is 125 cm³/mol. The van der Waals surface area contributed by atoms with Gasteiger partial charge in [0.05, 0.1) is 43.0 Å². The molecule has 4 rings (SSSR count). The summed E-state index contributed by atoms with van der Waals surface area (Å²) in [5, 5.41) is 1.83. The van der Waals surface area contributed by atoms with Gasteiger partial charge in [0, 0.05) is 5.56 Å². The third kappa shape index (κ3) is 4.92. The highest BCUT2D eigenvalue weighted by atomic mass is 32.1. The normalized spacial score (nSPS) is 17.1. The number of imide groups is 2. The lowest BCUT2D eigenvalue weighted by atomic mass is 9.71. The van der Waals surface area contributed by atoms with E-state index in [1.807, 2.05) is 0 Å². The molecule has 0 saturated carbocycles. The van der Waals surface area contributed by atoms with Crippen LogP contribution in [0, 0.1) is 5.82 Å². The van der Waals surface area contributed by atoms with E-state index in [2.05, 4.69) is 9.72 Å². The molecular weight excluding hydrogens is 550 g/mol. The summed E-state index contributed by atoms with van der Waals surface area (Å²) in [4.78, 5) is 69.2. The number of alkyl halides is 3. The second-order valence-corrected chi connectivity index (χ2v) is 9.40. The van der Waals surface area contributed by atoms with E-state index in [9.17, 15) is 41.5 Å². The number of thiazole rings is 1. The smallest absolute Gasteiger partial charge is 0.416 e. The number of rotatable bonds is 5. The van der Waals surface area contributed by atoms with Crippen LogP contribution in [0.15, 0.2) is 36.4 Å². The molecule has 2 aromatic carbocycles. The minimum absolute atomic E-state index is 0.0364. The largest absolute Gasteiger partial charge is 0.468 e. The average Bonchev–Trinajstić information content (AvgIpc) is 3.29. The van der Waals surface area contributed by atoms with Gasteiger partial charge in [0.1, 0.15) is 10.8 Å². The van der Waals surface area contributed by atoms with Gasteiger partial charge in [-0.1, -0.05) is 0 Å². The molecule has 0 bridgehead atoms. The number of amides is 4. The molecule has 0 spiro atoms. The van der Waals surface area contributed by atoms with Crippen LogP contribution in [0.25, 0.3) is 10.2 Å². The standard InChI is InChI=1S/C24H17F4N3O7S/c1-37-21(35)23(9-17(32)30-22(36)38-2)14-8-12(25)4-5-13(14)19(33)31(20(23)34)10-18-29-15-7-11(24(26,27)28)3-6-16(15)39-18/h3-8H,9-10H2,1-2H3,(H,30,32,36). The summed E-state index contributed by atoms with van der Waals surface area (Å²) in [5.74, 6) is -5.69. The lowest BCUT2D eigenvalue weighted by Crippen LogP contribution is -2.59. The highest BCUT2D eigenvalue weighted by Gasteiger charge is 2.58. The molecule has 1 aliphatic heterocycles. The zero-order valence-electron chi connectivity index (χ0n) is 20.1. The maximum absolute atomic E-state index is 14.3. The van der Waals surface area contributed by atoms with E-state index in [1.54, 1.807) is 5.32 Å². The van der Waals surface area contributed by atoms with Crippen molar-refractivity contribution < 1.29 is 51.0 Å². The quantitative estimate of drug-likeness (QED) is 0.215. The lowest BCUT2D eigenvalue weighted by molar-refractivity contribution is -0.158. The second kappa shape index (κ2) is 10.1. The summed E-state index contributed by atoms with van der Waals surface area (Å²) < 4.78 is 63.1. The van der Waals surface area contributed by atoms with Gasteiger partial charge in [-0.05, 0) is 42.0 Å². The number of nitrogens with one attached hydrogen (secondary N) is 1. The maximum Gasteiger partial charge on any atom is 0.416 e. The fourth-order valence-corrected chi connectivity index (χ4v) is 5.14. The zero-order valence-corrected chi connectivity index (χ0v) is 20.9. The van der Waals surface area contributed by atoms with E-state index in [1.165, 1.54) is 6.07 Å². The summed E-state index contributed by atoms with van der Waals surface area (Å²) in [7, 11) is 1.87. The van der Waals surface area contributed by atoms with Crippen LogP contribution in [-0.2, 0) is 42.0 Å². The fourth-order valence-electron chi connectivity index (χ4n) is 4.20. The molecule has 1 unspecified atom stereocenters. The Morgan fingerprint density at radius 2 is 1.79 bits per heavy atom. The van der Waals surface area contributed by atoms with Crippen LogP contribution < -0.4 is 5.32 Å². The van der Waals surface area contributed by atoms with Crippen LogP contribution in [0.4, 0.5) is 22.4 Å². The topological polar surface area (TPSA) is 132 Å². The second-order valence-electron chi connectivity index (χ2n) is 8.29. The van der Waals surface area contributed by atoms with E-state index in [-0.39, 0.29) is 16.1 Å². The Morgan fingerprint density at radius 3 is 2.44 bits per heavy atom. The van der Waals surface area contributed by atoms with Crippen molar-refractivity contribution in [2.24, 2.45) is 0 Å². The van der Waals surface area contributed by atoms with E-state index in [0.29, 0.717) is 9.60 Å². The molecule has 39 heavy (non-hydrogen) atoms. The van der Waals surface area contributed by atoms with Crippen LogP contribution in [-0.4, -0.2) is 53.9 Å². The van der Waals surface area contributed by atoms with Crippen molar-refractivity contribution in [2.45, 2.75) is 24.6 Å². The molecule has 2 heterocycles. The molecule has 1 atom stereocenters. The van der Waals surface area contributed by atoms with Crippen molar-refractivity contribution in [3.8, 4) is 0 Å². The number of aromatic nitrogens is 1. The molecule has 4 amide bonds. The monoisotopic (exact) mass is 567 g/mol. The minimum atomic E-state index is -4.62. The van der Waals surface area contributed by atoms with Crippen LogP contribution in [0.5, 0.6) is 0 Å². The molecule has 1 aromatic heterocycles. The first-order chi connectivity index (χ1) is 18.3. The molecule has 0 fully saturated rings. The van der Waals surface area contributed by atoms with Gasteiger partial charge in [0.25, 0.3) is 11.8 Å². The number of fused-ring (bicyclic) bond motifs is 2. The summed E-state index contributed by atoms with van der Waals surface area (Å²) in [6, 6.07) is 5.50. The summed E-state index contributed by atoms with van der Waals surface area (Å²) in [6.45, 7) is -0.591. The third-order valence-corrected chi connectivity index (χ3v) is 6.99. The van der Waals surface area contributed by atoms with Gasteiger partial charge in [0.2, 0.25) is 5.91 Å². The van der Waals surface area contributed by atoms with E-state index < -0.39 is 71.3 Å². The first-order valence-electron chi connectivity index (χ1n) is 10.9. The molecule has 0 saturated heterocycles. The van der Waals surface area contributed by atoms with Crippen molar-refractivity contribution in [3.63, 3.8) is 0 Å². The van der Waals surface area contributed by atoms with E-state index in [0.717, 1.165) is 55.9 Å². The molecule has 3 aromatic rings. The van der Waals surface area contributed by atoms with Crippen molar-refractivity contribution in [1.82, 2.24) is 15.2 Å². The first-order valence-corrected chi connectivity index (χ1v) is 11.7. The number of carbonyl (C=O) groups is 5. The summed E-state index contributed by atoms with van der Waals surface area (Å²) >= 11 is 0.896. The lowest BCUT2D eigenvalue weighted by Gasteiger charge is -2.39. The van der Waals surface area contributed by atoms with Gasteiger partial charge in [-0.2, -0.15) is 13.2 Å². The molecule has 1 N–H and O–H groups in total. The predicted octanol–water partition coefficient (Wildman–Crippen LogP) is 3.32. The Balaban J connectivity index is 1.82. The van der Waals surface area contributed by atoms with E-state index in [4.69, 9.17) is 4.74 Å². The van der Waals surface area contributed by atoms with Gasteiger partial charge in [0.15, 0.2) is 5.41 Å². The molecule has 0 radical (unpaired) electrons. The molecule has 10 nitrogen and oxygen atoms in total. The van der Waals surface area contributed by atoms with Gasteiger partial charge in [-0.25, -0.2) is 14.2 Å². The van der Waals surface area contributed by atoms with Crippen LogP contribution in [0.2, 0.25) is 0 Å². The number of ether oxygens (including phenoxy) is 2. The summed E-state index contributed by atoms with van der Waals surface area (Å²) in [6.07, 6.45) is -6.90. The minimum Gasteiger partial charge on any atom is -0.468 e. The van der Waals surface area contributed by atoms with Gasteiger partial charge >= 0.3 is 18.2 Å². The fraction of sp³-hybridized carbons (Fsp3) is 0.250. The maximum atomic E-state index is 14.3. The van der Waals surface area contributed by atoms with E-state index >= 15 is 0 Å². The van der Waals surface area contributed by atoms with Crippen molar-refractivity contribution in [2.75, 3.05) is 14.2 Å². The molecule has 0 aliphatic carbocycles. The van der Waals surface area contributed by atoms with Gasteiger partial charge in [-0.15, -0.1) is 11.3 Å². The number of hydrogen-bond acceptors (Lipinski definition) is 9. The zero-order chi connectivity index (χ0) is 28.7. The number of carbonyl (C=O) groups excluding carboxylic acids is 5. The first kappa shape index (κ1) is 27.6. The Labute approximate surface area is 220 Å². The van der Waals surface area contributed by atoms with Gasteiger partial charge in [-0.3, -0.25) is 29.4 Å². The highest BCUT2D eigenvalue weighted by Crippen LogP contribution is 2.41. The van der Waals surface area contributed by atoms with Crippen molar-refractivity contribution in [3.05, 3.63) is 63.9 Å². The van der Waals surface area contributed by atoms with Crippen LogP contribution in [0.3, 0.4) is 0 Å². The Hall–Kier alpha value is -4.40. The number of nitrogens with zero attached hydrogens (tertiary/aromatic N) is 2. The Bertz CT molecular complexity index is 1540. The SMILES string of the molecule is COC(=O)NC(=O)CC1(C(=O)OC)C(=O)N(Cc2nc3cc(C(F)(F)F)ccc3s2)C(=O)c2ccc(F)cc21. The van der Waals surface area contributed by atoms with Crippen molar-refractivity contribution >= 4 is 51.3 Å². The number of hydrogen-bond donors (Lipinski definition) is 1. The molecular formula is C24H17F4N3O7S. The highest BCUT2D eigenvalue weighted by molar-refractivity contribution is 7.18. The molecule has 15 heteroatoms. The number of methoxy groups -OCH3 is 2. The third-order valence-electron chi connectivity index (χ3n) is 5.97. The number of esters is 1.